The summed E-state index contributed by atoms with van der Waals surface area (Å²) in [5, 5.41) is 13.8. The zero-order chi connectivity index (χ0) is 32.2. The second-order valence-corrected chi connectivity index (χ2v) is 14.9. The lowest BCUT2D eigenvalue weighted by Crippen LogP contribution is -2.40. The van der Waals surface area contributed by atoms with Gasteiger partial charge in [-0.15, -0.1) is 11.3 Å². The molecule has 1 aromatic heterocycles. The zero-order valence-electron chi connectivity index (χ0n) is 25.5. The molecule has 0 radical (unpaired) electrons. The normalized spacial score (nSPS) is 17.3. The number of carboxylic acid groups (broad SMARTS) is 1. The number of carbonyl (C=O) groups is 2. The van der Waals surface area contributed by atoms with Gasteiger partial charge in [-0.1, -0.05) is 24.3 Å². The summed E-state index contributed by atoms with van der Waals surface area (Å²) in [5.41, 5.74) is -0.175. The van der Waals surface area contributed by atoms with Gasteiger partial charge in [0.05, 0.1) is 27.4 Å². The number of nitrogens with zero attached hydrogens (tertiary/aromatic N) is 2. The molecular weight excluding hydrogens is 607 g/mol. The Bertz CT molecular complexity index is 1590. The molecule has 0 unspecified atom stereocenters. The van der Waals surface area contributed by atoms with Crippen molar-refractivity contribution < 1.29 is 32.2 Å². The van der Waals surface area contributed by atoms with E-state index in [0.29, 0.717) is 10.4 Å². The van der Waals surface area contributed by atoms with E-state index in [1.807, 2.05) is 0 Å². The molecular formula is C31H39FN4O6S2. The van der Waals surface area contributed by atoms with Crippen LogP contribution in [0.4, 0.5) is 19.7 Å². The van der Waals surface area contributed by atoms with Gasteiger partial charge in [0.15, 0.2) is 0 Å². The topological polar surface area (TPSA) is 138 Å². The first-order chi connectivity index (χ1) is 20.6. The molecule has 4 rings (SSSR count). The summed E-state index contributed by atoms with van der Waals surface area (Å²) >= 11 is 1.39. The van der Waals surface area contributed by atoms with Crippen molar-refractivity contribution >= 4 is 39.2 Å². The Morgan fingerprint density at radius 1 is 1.14 bits per heavy atom. The first-order valence-electron chi connectivity index (χ1n) is 14.5. The number of thiazole rings is 1. The van der Waals surface area contributed by atoms with Crippen LogP contribution in [0.3, 0.4) is 0 Å². The van der Waals surface area contributed by atoms with Crippen molar-refractivity contribution in [3.05, 3.63) is 65.0 Å². The number of hydrogen-bond acceptors (Lipinski definition) is 7. The Labute approximate surface area is 261 Å². The highest BCUT2D eigenvalue weighted by molar-refractivity contribution is 7.89. The number of sulfonamides is 1. The first kappa shape index (κ1) is 33.3. The van der Waals surface area contributed by atoms with Gasteiger partial charge in [-0.25, -0.2) is 32.1 Å². The summed E-state index contributed by atoms with van der Waals surface area (Å²) in [6.45, 7) is 8.45. The number of amides is 2. The van der Waals surface area contributed by atoms with Gasteiger partial charge < -0.3 is 15.2 Å². The van der Waals surface area contributed by atoms with Crippen molar-refractivity contribution in [3.63, 3.8) is 0 Å². The van der Waals surface area contributed by atoms with Crippen molar-refractivity contribution in [1.82, 2.24) is 15.0 Å². The monoisotopic (exact) mass is 646 g/mol. The highest BCUT2D eigenvalue weighted by Gasteiger charge is 2.30. The number of ether oxygens (including phenoxy) is 1. The lowest BCUT2D eigenvalue weighted by Gasteiger charge is -2.28. The number of anilines is 1. The second kappa shape index (κ2) is 13.6. The quantitative estimate of drug-likeness (QED) is 0.231. The molecule has 13 heteroatoms. The van der Waals surface area contributed by atoms with Crippen molar-refractivity contribution in [3.8, 4) is 10.4 Å². The lowest BCUT2D eigenvalue weighted by molar-refractivity contribution is 0.109. The molecule has 3 N–H and O–H groups in total. The molecule has 0 saturated heterocycles. The highest BCUT2D eigenvalue weighted by atomic mass is 32.2. The molecule has 0 bridgehead atoms. The van der Waals surface area contributed by atoms with E-state index in [4.69, 9.17) is 4.74 Å². The van der Waals surface area contributed by atoms with Crippen LogP contribution in [0, 0.1) is 5.82 Å². The fourth-order valence-corrected chi connectivity index (χ4v) is 7.98. The third-order valence-electron chi connectivity index (χ3n) is 7.05. The molecule has 2 aromatic carbocycles. The summed E-state index contributed by atoms with van der Waals surface area (Å²) in [5.74, 6) is -0.404. The molecule has 1 aliphatic rings. The largest absolute Gasteiger partial charge is 0.465 e. The van der Waals surface area contributed by atoms with E-state index in [1.54, 1.807) is 52.9 Å². The third kappa shape index (κ3) is 8.54. The van der Waals surface area contributed by atoms with Crippen LogP contribution >= 0.6 is 11.3 Å². The fourth-order valence-electron chi connectivity index (χ4n) is 5.13. The molecule has 1 heterocycles. The molecule has 1 aliphatic carbocycles. The van der Waals surface area contributed by atoms with Gasteiger partial charge >= 0.3 is 12.2 Å². The summed E-state index contributed by atoms with van der Waals surface area (Å²) < 4.78 is 49.6. The van der Waals surface area contributed by atoms with E-state index in [9.17, 15) is 27.5 Å². The van der Waals surface area contributed by atoms with Crippen molar-refractivity contribution in [2.24, 2.45) is 0 Å². The minimum atomic E-state index is -4.12. The number of aromatic nitrogens is 1. The summed E-state index contributed by atoms with van der Waals surface area (Å²) in [6.07, 6.45) is 2.82. The summed E-state index contributed by atoms with van der Waals surface area (Å²) in [6, 6.07) is 10.3. The standard InChI is InChI=1S/C31H39FN4O6S2/c1-19(2)42-29(37)34-22-12-10-20(11-13-22)28-33-17-26(43-28)24-15-14-23(16-27(24)44(40,41)35-31(3,4)5)36(30(38)39)18-21-8-6-7-9-25(21)32/h6-9,14-17,19-20,22,35H,10-13,18H2,1-5H3,(H,34,37)(H,38,39). The van der Waals surface area contributed by atoms with Crippen LogP contribution in [-0.4, -0.2) is 48.4 Å². The van der Waals surface area contributed by atoms with E-state index in [0.717, 1.165) is 35.6 Å². The van der Waals surface area contributed by atoms with Gasteiger partial charge in [0, 0.05) is 40.5 Å². The number of benzene rings is 2. The predicted molar refractivity (Wildman–Crippen MR) is 168 cm³/mol. The van der Waals surface area contributed by atoms with Crippen LogP contribution in [0.5, 0.6) is 0 Å². The van der Waals surface area contributed by atoms with Crippen molar-refractivity contribution in [2.45, 2.75) is 95.3 Å². The Hall–Kier alpha value is -3.55. The number of nitrogens with one attached hydrogen (secondary N) is 2. The molecule has 1 fully saturated rings. The molecule has 1 saturated carbocycles. The van der Waals surface area contributed by atoms with Crippen LogP contribution in [0.15, 0.2) is 53.6 Å². The maximum absolute atomic E-state index is 14.4. The van der Waals surface area contributed by atoms with E-state index in [-0.39, 0.29) is 40.8 Å². The summed E-state index contributed by atoms with van der Waals surface area (Å²) in [7, 11) is -4.12. The lowest BCUT2D eigenvalue weighted by atomic mass is 9.86. The highest BCUT2D eigenvalue weighted by Crippen LogP contribution is 2.40. The predicted octanol–water partition coefficient (Wildman–Crippen LogP) is 6.87. The van der Waals surface area contributed by atoms with Crippen LogP contribution < -0.4 is 14.9 Å². The number of hydrogen-bond donors (Lipinski definition) is 3. The van der Waals surface area contributed by atoms with E-state index in [2.05, 4.69) is 15.0 Å². The Morgan fingerprint density at radius 3 is 2.43 bits per heavy atom. The average molecular weight is 647 g/mol. The van der Waals surface area contributed by atoms with E-state index < -0.39 is 33.6 Å². The van der Waals surface area contributed by atoms with Gasteiger partial charge in [-0.05, 0) is 78.5 Å². The maximum atomic E-state index is 14.4. The Balaban J connectivity index is 1.63. The van der Waals surface area contributed by atoms with Crippen LogP contribution in [0.25, 0.3) is 10.4 Å². The molecule has 0 spiro atoms. The molecule has 3 aromatic rings. The Morgan fingerprint density at radius 2 is 1.82 bits per heavy atom. The number of alkyl carbamates (subject to hydrolysis) is 1. The molecule has 2 amide bonds. The third-order valence-corrected chi connectivity index (χ3v) is 10.0. The first-order valence-corrected chi connectivity index (χ1v) is 16.8. The molecule has 0 atom stereocenters. The Kier molecular flexibility index (Phi) is 10.3. The molecule has 0 aliphatic heterocycles. The molecule has 44 heavy (non-hydrogen) atoms. The number of carbonyl (C=O) groups excluding carboxylic acids is 1. The minimum absolute atomic E-state index is 0.0197. The molecule has 10 nitrogen and oxygen atoms in total. The maximum Gasteiger partial charge on any atom is 0.412 e. The zero-order valence-corrected chi connectivity index (χ0v) is 27.1. The average Bonchev–Trinajstić information content (AvgIpc) is 3.41. The number of halogens is 1. The number of rotatable bonds is 9. The SMILES string of the molecule is CC(C)OC(=O)NC1CCC(c2ncc(-c3ccc(N(Cc4ccccc4F)C(=O)O)cc3S(=O)(=O)NC(C)(C)C)s2)CC1. The van der Waals surface area contributed by atoms with Gasteiger partial charge in [-0.3, -0.25) is 4.90 Å². The van der Waals surface area contributed by atoms with Gasteiger partial charge in [0.1, 0.15) is 5.82 Å². The van der Waals surface area contributed by atoms with Crippen LogP contribution in [0.1, 0.15) is 76.8 Å². The summed E-state index contributed by atoms with van der Waals surface area (Å²) in [4.78, 5) is 30.3. The van der Waals surface area contributed by atoms with E-state index >= 15 is 0 Å². The van der Waals surface area contributed by atoms with Crippen molar-refractivity contribution in [2.75, 3.05) is 4.90 Å². The smallest absolute Gasteiger partial charge is 0.412 e. The molecule has 238 valence electrons. The van der Waals surface area contributed by atoms with Crippen LogP contribution in [0.2, 0.25) is 0 Å². The van der Waals surface area contributed by atoms with Crippen LogP contribution in [-0.2, 0) is 21.3 Å². The fraction of sp³-hybridized carbons (Fsp3) is 0.452. The minimum Gasteiger partial charge on any atom is -0.465 e. The van der Waals surface area contributed by atoms with Gasteiger partial charge in [0.25, 0.3) is 0 Å². The second-order valence-electron chi connectivity index (χ2n) is 12.2. The van der Waals surface area contributed by atoms with Gasteiger partial charge in [-0.2, -0.15) is 0 Å². The van der Waals surface area contributed by atoms with E-state index in [1.165, 1.54) is 41.7 Å². The van der Waals surface area contributed by atoms with Gasteiger partial charge in [0.2, 0.25) is 10.0 Å². The van der Waals surface area contributed by atoms with Crippen molar-refractivity contribution in [1.29, 1.82) is 0 Å².